The van der Waals surface area contributed by atoms with Crippen molar-refractivity contribution in [1.82, 2.24) is 26.6 Å². The molecule has 0 aliphatic heterocycles. The Morgan fingerprint density at radius 1 is 0.738 bits per heavy atom. The van der Waals surface area contributed by atoms with Gasteiger partial charge in [0.15, 0.2) is 6.04 Å². The summed E-state index contributed by atoms with van der Waals surface area (Å²) >= 11 is 0. The molecule has 2 aromatic rings. The van der Waals surface area contributed by atoms with Gasteiger partial charge in [0.25, 0.3) is 5.91 Å². The number of Topliss-reactive ketones (excluding diaryl/α,β-unsaturated/α-hetero) is 1. The summed E-state index contributed by atoms with van der Waals surface area (Å²) in [5, 5.41) is 23.3. The molecule has 330 valence electrons. The summed E-state index contributed by atoms with van der Waals surface area (Å²) in [5.41, 5.74) is 1.20. The van der Waals surface area contributed by atoms with Crippen LogP contribution < -0.4 is 26.6 Å². The lowest BCUT2D eigenvalue weighted by Crippen LogP contribution is -2.59. The smallest absolute Gasteiger partial charge is 0.333 e. The Morgan fingerprint density at radius 2 is 1.36 bits per heavy atom. The van der Waals surface area contributed by atoms with Gasteiger partial charge in [-0.05, 0) is 79.7 Å². The molecule has 0 spiro atoms. The van der Waals surface area contributed by atoms with Crippen molar-refractivity contribution in [2.45, 2.75) is 122 Å². The van der Waals surface area contributed by atoms with E-state index in [9.17, 15) is 43.5 Å². The Bertz CT molecular complexity index is 1870. The van der Waals surface area contributed by atoms with Gasteiger partial charge in [-0.25, -0.2) is 4.79 Å². The van der Waals surface area contributed by atoms with Crippen molar-refractivity contribution in [3.8, 4) is 0 Å². The van der Waals surface area contributed by atoms with Crippen LogP contribution in [0.2, 0.25) is 0 Å². The molecule has 15 nitrogen and oxygen atoms in total. The molecule has 61 heavy (non-hydrogen) atoms. The number of nitrogens with one attached hydrogen (secondary N) is 5. The second kappa shape index (κ2) is 22.3. The van der Waals surface area contributed by atoms with Crippen molar-refractivity contribution >= 4 is 47.3 Å². The molecule has 0 saturated heterocycles. The number of ketones is 1. The van der Waals surface area contributed by atoms with Gasteiger partial charge < -0.3 is 36.4 Å². The maximum atomic E-state index is 14.2. The van der Waals surface area contributed by atoms with Crippen LogP contribution in [-0.4, -0.2) is 77.0 Å². The Kier molecular flexibility index (Phi) is 17.0. The van der Waals surface area contributed by atoms with Crippen LogP contribution in [0, 0.1) is 35.5 Å². The molecule has 2 aromatic carbocycles. The van der Waals surface area contributed by atoms with E-state index in [0.717, 1.165) is 37.7 Å². The van der Waals surface area contributed by atoms with E-state index in [4.69, 9.17) is 4.74 Å². The second-order valence-corrected chi connectivity index (χ2v) is 17.2. The van der Waals surface area contributed by atoms with E-state index >= 15 is 0 Å². The van der Waals surface area contributed by atoms with Crippen molar-refractivity contribution in [2.24, 2.45) is 35.5 Å². The predicted molar refractivity (Wildman–Crippen MR) is 224 cm³/mol. The molecular formula is C46H61N5O10. The van der Waals surface area contributed by atoms with Crippen LogP contribution in [0.1, 0.15) is 109 Å². The maximum Gasteiger partial charge on any atom is 0.333 e. The van der Waals surface area contributed by atoms with Crippen molar-refractivity contribution in [1.29, 1.82) is 0 Å². The summed E-state index contributed by atoms with van der Waals surface area (Å²) < 4.78 is 5.47. The summed E-state index contributed by atoms with van der Waals surface area (Å²) in [7, 11) is 0. The highest BCUT2D eigenvalue weighted by molar-refractivity contribution is 6.38. The van der Waals surface area contributed by atoms with Crippen LogP contribution in [0.4, 0.5) is 0 Å². The van der Waals surface area contributed by atoms with Crippen LogP contribution >= 0.6 is 0 Å². The molecule has 5 amide bonds. The number of aliphatic carboxylic acids is 1. The average molecular weight is 844 g/mol. The Balaban J connectivity index is 1.21. The second-order valence-electron chi connectivity index (χ2n) is 17.2. The van der Waals surface area contributed by atoms with Gasteiger partial charge in [0.1, 0.15) is 18.7 Å². The molecule has 3 aliphatic rings. The minimum absolute atomic E-state index is 0.0237. The molecule has 3 aliphatic carbocycles. The zero-order chi connectivity index (χ0) is 44.1. The van der Waals surface area contributed by atoms with E-state index in [1.54, 1.807) is 61.5 Å². The van der Waals surface area contributed by atoms with Crippen LogP contribution in [-0.2, 0) is 49.7 Å². The van der Waals surface area contributed by atoms with E-state index < -0.39 is 89.8 Å². The summed E-state index contributed by atoms with van der Waals surface area (Å²) in [5.74, 6) is -8.23. The largest absolute Gasteiger partial charge is 0.481 e. The predicted octanol–water partition coefficient (Wildman–Crippen LogP) is 3.90. The van der Waals surface area contributed by atoms with Crippen LogP contribution in [0.3, 0.4) is 0 Å². The fraction of sp³-hybridized carbons (Fsp3) is 0.565. The first-order valence-electron chi connectivity index (χ1n) is 21.8. The molecule has 0 heterocycles. The normalized spacial score (nSPS) is 21.6. The number of esters is 1. The van der Waals surface area contributed by atoms with Gasteiger partial charge >= 0.3 is 11.9 Å². The minimum atomic E-state index is -1.28. The summed E-state index contributed by atoms with van der Waals surface area (Å²) in [6, 6.07) is 12.9. The first kappa shape index (κ1) is 46.5. The molecule has 5 rings (SSSR count). The number of rotatable bonds is 21. The number of carbonyl (C=O) groups is 8. The summed E-state index contributed by atoms with van der Waals surface area (Å²) in [6.07, 6.45) is 7.00. The molecule has 0 aromatic heterocycles. The third-order valence-electron chi connectivity index (χ3n) is 12.3. The first-order valence-corrected chi connectivity index (χ1v) is 21.8. The molecule has 2 bridgehead atoms. The van der Waals surface area contributed by atoms with E-state index in [1.165, 1.54) is 0 Å². The van der Waals surface area contributed by atoms with Crippen molar-refractivity contribution < 1.29 is 48.2 Å². The molecule has 6 N–H and O–H groups in total. The fourth-order valence-corrected chi connectivity index (χ4v) is 9.29. The average Bonchev–Trinajstić information content (AvgIpc) is 3.89. The van der Waals surface area contributed by atoms with Crippen molar-refractivity contribution in [2.75, 3.05) is 6.54 Å². The Hall–Kier alpha value is -5.60. The molecular weight excluding hydrogens is 783 g/mol. The lowest BCUT2D eigenvalue weighted by atomic mass is 9.78. The quantitative estimate of drug-likeness (QED) is 0.0785. The van der Waals surface area contributed by atoms with E-state index in [2.05, 4.69) is 26.6 Å². The standard InChI is InChI=1S/C46H61N5O10/c1-4-14-33(40(53)44(57)47-25-35(52)50-39(30-19-12-7-13-20-30)46(60)61-26-28-15-8-5-9-16-28)48-41(54)34(23-27(2)3)49-43(56)38(29-17-10-6-11-18-29)51-42(55)36-31-21-22-32(24-31)37(36)45(58)59/h5,7-9,12-13,15-16,19-20,27,29,31-34,36-39H,4,6,10-11,14,17-18,21-26H2,1-3H3,(H,47,57)(H,48,54)(H,49,56)(H,50,52)(H,51,55)(H,58,59)/t31?,32?,33?,34-,36?,37?,38-,39-/m0/s1. The lowest BCUT2D eigenvalue weighted by Gasteiger charge is -2.34. The monoisotopic (exact) mass is 843 g/mol. The van der Waals surface area contributed by atoms with E-state index in [1.807, 2.05) is 19.9 Å². The van der Waals surface area contributed by atoms with E-state index in [0.29, 0.717) is 31.2 Å². The SMILES string of the molecule is CCCC(NC(=O)[C@H](CC(C)C)NC(=O)[C@@H](NC(=O)C1C2CCC(C2)C1C(=O)O)C1CCCCC1)C(=O)C(=O)NCC(=O)N[C@H](C(=O)OCc1ccccc1)c1ccccc1. The Labute approximate surface area is 357 Å². The number of hydrogen-bond acceptors (Lipinski definition) is 9. The molecule has 0 radical (unpaired) electrons. The molecule has 8 atom stereocenters. The van der Waals surface area contributed by atoms with E-state index in [-0.39, 0.29) is 43.1 Å². The van der Waals surface area contributed by atoms with Gasteiger partial charge in [-0.1, -0.05) is 107 Å². The molecule has 3 fully saturated rings. The van der Waals surface area contributed by atoms with Crippen LogP contribution in [0.15, 0.2) is 60.7 Å². The van der Waals surface area contributed by atoms with Gasteiger partial charge in [0.05, 0.1) is 24.4 Å². The number of hydrogen-bond donors (Lipinski definition) is 6. The van der Waals surface area contributed by atoms with Crippen molar-refractivity contribution in [3.05, 3.63) is 71.8 Å². The highest BCUT2D eigenvalue weighted by Crippen LogP contribution is 2.52. The third kappa shape index (κ3) is 12.7. The summed E-state index contributed by atoms with van der Waals surface area (Å²) in [6.45, 7) is 4.83. The maximum absolute atomic E-state index is 14.2. The highest BCUT2D eigenvalue weighted by atomic mass is 16.5. The number of benzene rings is 2. The molecule has 5 unspecified atom stereocenters. The zero-order valence-electron chi connectivity index (χ0n) is 35.4. The van der Waals surface area contributed by atoms with Gasteiger partial charge in [-0.2, -0.15) is 0 Å². The van der Waals surface area contributed by atoms with Crippen LogP contribution in [0.25, 0.3) is 0 Å². The number of carboxylic acids is 1. The summed E-state index contributed by atoms with van der Waals surface area (Å²) in [4.78, 5) is 107. The number of ether oxygens (including phenoxy) is 1. The Morgan fingerprint density at radius 3 is 1.98 bits per heavy atom. The minimum Gasteiger partial charge on any atom is -0.481 e. The van der Waals surface area contributed by atoms with Crippen molar-refractivity contribution in [3.63, 3.8) is 0 Å². The molecule has 15 heteroatoms. The third-order valence-corrected chi connectivity index (χ3v) is 12.3. The number of fused-ring (bicyclic) bond motifs is 2. The fourth-order valence-electron chi connectivity index (χ4n) is 9.29. The highest BCUT2D eigenvalue weighted by Gasteiger charge is 2.54. The van der Waals surface area contributed by atoms with Gasteiger partial charge in [0.2, 0.25) is 29.4 Å². The number of carbonyl (C=O) groups excluding carboxylic acids is 7. The first-order chi connectivity index (χ1) is 29.3. The lowest BCUT2D eigenvalue weighted by molar-refractivity contribution is -0.150. The zero-order valence-corrected chi connectivity index (χ0v) is 35.4. The topological polar surface area (TPSA) is 226 Å². The van der Waals surface area contributed by atoms with Gasteiger partial charge in [-0.3, -0.25) is 33.6 Å². The van der Waals surface area contributed by atoms with Crippen LogP contribution in [0.5, 0.6) is 0 Å². The molecule has 3 saturated carbocycles. The van der Waals surface area contributed by atoms with Gasteiger partial charge in [-0.15, -0.1) is 0 Å². The number of carboxylic acid groups (broad SMARTS) is 1. The number of amides is 5. The van der Waals surface area contributed by atoms with Gasteiger partial charge in [0, 0.05) is 0 Å².